The van der Waals surface area contributed by atoms with Gasteiger partial charge in [-0.2, -0.15) is 0 Å². The molecular formula is C16H30O. The molecule has 0 aliphatic heterocycles. The number of hydrogen-bond donors (Lipinski definition) is 0. The highest BCUT2D eigenvalue weighted by Crippen LogP contribution is 2.40. The Morgan fingerprint density at radius 1 is 0.882 bits per heavy atom. The summed E-state index contributed by atoms with van der Waals surface area (Å²) < 4.78 is 5.29. The normalized spacial score (nSPS) is 33.5. The molecule has 1 unspecified atom stereocenters. The highest BCUT2D eigenvalue weighted by molar-refractivity contribution is 4.81. The van der Waals surface area contributed by atoms with E-state index in [-0.39, 0.29) is 0 Å². The van der Waals surface area contributed by atoms with Gasteiger partial charge in [-0.25, -0.2) is 0 Å². The van der Waals surface area contributed by atoms with Crippen molar-refractivity contribution in [2.45, 2.75) is 64.7 Å². The van der Waals surface area contributed by atoms with Crippen molar-refractivity contribution in [2.24, 2.45) is 23.7 Å². The lowest BCUT2D eigenvalue weighted by Gasteiger charge is -2.37. The van der Waals surface area contributed by atoms with Gasteiger partial charge in [-0.15, -0.1) is 0 Å². The molecule has 100 valence electrons. The molecule has 2 saturated carbocycles. The van der Waals surface area contributed by atoms with Crippen LogP contribution in [-0.4, -0.2) is 13.7 Å². The van der Waals surface area contributed by atoms with Crippen LogP contribution in [0.5, 0.6) is 0 Å². The van der Waals surface area contributed by atoms with Crippen molar-refractivity contribution in [3.63, 3.8) is 0 Å². The summed E-state index contributed by atoms with van der Waals surface area (Å²) in [5.74, 6) is 3.91. The van der Waals surface area contributed by atoms with Gasteiger partial charge in [0, 0.05) is 13.7 Å². The Bertz CT molecular complexity index is 200. The largest absolute Gasteiger partial charge is 0.384 e. The van der Waals surface area contributed by atoms with Gasteiger partial charge in [0.05, 0.1) is 0 Å². The van der Waals surface area contributed by atoms with Crippen LogP contribution in [0.4, 0.5) is 0 Å². The second-order valence-electron chi connectivity index (χ2n) is 6.49. The van der Waals surface area contributed by atoms with Gasteiger partial charge in [0.2, 0.25) is 0 Å². The molecule has 1 atom stereocenters. The minimum absolute atomic E-state index is 0.856. The van der Waals surface area contributed by atoms with Crippen LogP contribution in [0, 0.1) is 23.7 Å². The van der Waals surface area contributed by atoms with Crippen LogP contribution in [0.25, 0.3) is 0 Å². The molecule has 1 heteroatoms. The standard InChI is InChI=1S/C16H30O/c1-13(15-6-4-3-5-7-15)16-10-8-14(9-11-16)12-17-2/h13-16H,3-12H2,1-2H3. The van der Waals surface area contributed by atoms with Crippen molar-refractivity contribution in [3.05, 3.63) is 0 Å². The Labute approximate surface area is 107 Å². The van der Waals surface area contributed by atoms with Gasteiger partial charge in [-0.05, 0) is 49.4 Å². The lowest BCUT2D eigenvalue weighted by atomic mass is 9.69. The first kappa shape index (κ1) is 13.4. The van der Waals surface area contributed by atoms with Crippen LogP contribution in [0.15, 0.2) is 0 Å². The fourth-order valence-electron chi connectivity index (χ4n) is 4.16. The van der Waals surface area contributed by atoms with E-state index in [9.17, 15) is 0 Å². The average Bonchev–Trinajstić information content (AvgIpc) is 2.40. The summed E-state index contributed by atoms with van der Waals surface area (Å²) >= 11 is 0. The van der Waals surface area contributed by atoms with E-state index in [0.717, 1.165) is 30.3 Å². The molecule has 0 aromatic carbocycles. The molecule has 0 amide bonds. The zero-order chi connectivity index (χ0) is 12.1. The van der Waals surface area contributed by atoms with Crippen LogP contribution in [0.2, 0.25) is 0 Å². The van der Waals surface area contributed by atoms with E-state index in [1.165, 1.54) is 57.8 Å². The fourth-order valence-corrected chi connectivity index (χ4v) is 4.16. The Morgan fingerprint density at radius 2 is 1.47 bits per heavy atom. The SMILES string of the molecule is COCC1CCC(C(C)C2CCCCC2)CC1. The van der Waals surface area contributed by atoms with E-state index in [4.69, 9.17) is 4.74 Å². The lowest BCUT2D eigenvalue weighted by Crippen LogP contribution is -2.27. The first-order valence-corrected chi connectivity index (χ1v) is 7.80. The van der Waals surface area contributed by atoms with Crippen molar-refractivity contribution in [1.82, 2.24) is 0 Å². The third-order valence-corrected chi connectivity index (χ3v) is 5.43. The summed E-state index contributed by atoms with van der Waals surface area (Å²) in [6, 6.07) is 0. The number of ether oxygens (including phenoxy) is 1. The van der Waals surface area contributed by atoms with Gasteiger partial charge in [-0.3, -0.25) is 0 Å². The molecule has 0 N–H and O–H groups in total. The van der Waals surface area contributed by atoms with Crippen LogP contribution in [-0.2, 0) is 4.74 Å². The van der Waals surface area contributed by atoms with Crippen LogP contribution in [0.1, 0.15) is 64.7 Å². The second kappa shape index (κ2) is 6.78. The lowest BCUT2D eigenvalue weighted by molar-refractivity contribution is 0.0909. The molecule has 2 aliphatic rings. The Hall–Kier alpha value is -0.0400. The molecule has 2 rings (SSSR count). The van der Waals surface area contributed by atoms with Gasteiger partial charge in [-0.1, -0.05) is 39.0 Å². The van der Waals surface area contributed by atoms with Crippen molar-refractivity contribution < 1.29 is 4.74 Å². The minimum atomic E-state index is 0.856. The fraction of sp³-hybridized carbons (Fsp3) is 1.00. The molecule has 0 spiro atoms. The van der Waals surface area contributed by atoms with Gasteiger partial charge >= 0.3 is 0 Å². The first-order valence-electron chi connectivity index (χ1n) is 7.80. The summed E-state index contributed by atoms with van der Waals surface area (Å²) in [6.45, 7) is 3.53. The maximum absolute atomic E-state index is 5.29. The number of methoxy groups -OCH3 is 1. The molecule has 0 saturated heterocycles. The summed E-state index contributed by atoms with van der Waals surface area (Å²) in [6.07, 6.45) is 13.3. The summed E-state index contributed by atoms with van der Waals surface area (Å²) in [5, 5.41) is 0. The monoisotopic (exact) mass is 238 g/mol. The summed E-state index contributed by atoms with van der Waals surface area (Å²) in [5.41, 5.74) is 0. The number of rotatable bonds is 4. The molecular weight excluding hydrogens is 208 g/mol. The third kappa shape index (κ3) is 3.71. The Balaban J connectivity index is 1.75. The Kier molecular flexibility index (Phi) is 5.34. The predicted octanol–water partition coefficient (Wildman–Crippen LogP) is 4.66. The van der Waals surface area contributed by atoms with E-state index >= 15 is 0 Å². The molecule has 0 aromatic heterocycles. The van der Waals surface area contributed by atoms with Crippen molar-refractivity contribution >= 4 is 0 Å². The molecule has 17 heavy (non-hydrogen) atoms. The van der Waals surface area contributed by atoms with E-state index in [0.29, 0.717) is 0 Å². The van der Waals surface area contributed by atoms with E-state index < -0.39 is 0 Å². The quantitative estimate of drug-likeness (QED) is 0.692. The van der Waals surface area contributed by atoms with Crippen LogP contribution >= 0.6 is 0 Å². The van der Waals surface area contributed by atoms with Crippen molar-refractivity contribution in [3.8, 4) is 0 Å². The zero-order valence-corrected chi connectivity index (χ0v) is 11.8. The third-order valence-electron chi connectivity index (χ3n) is 5.43. The molecule has 0 heterocycles. The second-order valence-corrected chi connectivity index (χ2v) is 6.49. The Morgan fingerprint density at radius 3 is 2.06 bits per heavy atom. The molecule has 2 fully saturated rings. The van der Waals surface area contributed by atoms with Crippen molar-refractivity contribution in [1.29, 1.82) is 0 Å². The van der Waals surface area contributed by atoms with Crippen LogP contribution in [0.3, 0.4) is 0 Å². The highest BCUT2D eigenvalue weighted by Gasteiger charge is 2.30. The van der Waals surface area contributed by atoms with Gasteiger partial charge in [0.25, 0.3) is 0 Å². The summed E-state index contributed by atoms with van der Waals surface area (Å²) in [4.78, 5) is 0. The van der Waals surface area contributed by atoms with Crippen LogP contribution < -0.4 is 0 Å². The first-order chi connectivity index (χ1) is 8.31. The van der Waals surface area contributed by atoms with E-state index in [1.54, 1.807) is 0 Å². The highest BCUT2D eigenvalue weighted by atomic mass is 16.5. The van der Waals surface area contributed by atoms with Gasteiger partial charge in [0.1, 0.15) is 0 Å². The molecule has 1 nitrogen and oxygen atoms in total. The summed E-state index contributed by atoms with van der Waals surface area (Å²) in [7, 11) is 1.84. The zero-order valence-electron chi connectivity index (χ0n) is 11.8. The molecule has 0 aromatic rings. The van der Waals surface area contributed by atoms with Gasteiger partial charge < -0.3 is 4.74 Å². The van der Waals surface area contributed by atoms with Crippen molar-refractivity contribution in [2.75, 3.05) is 13.7 Å². The van der Waals surface area contributed by atoms with Gasteiger partial charge in [0.15, 0.2) is 0 Å². The maximum Gasteiger partial charge on any atom is 0.0490 e. The smallest absolute Gasteiger partial charge is 0.0490 e. The minimum Gasteiger partial charge on any atom is -0.384 e. The average molecular weight is 238 g/mol. The molecule has 0 radical (unpaired) electrons. The van der Waals surface area contributed by atoms with E-state index in [1.807, 2.05) is 7.11 Å². The van der Waals surface area contributed by atoms with E-state index in [2.05, 4.69) is 6.92 Å². The topological polar surface area (TPSA) is 9.23 Å². The predicted molar refractivity (Wildman–Crippen MR) is 73.1 cm³/mol. The maximum atomic E-state index is 5.29. The molecule has 2 aliphatic carbocycles. The molecule has 0 bridgehead atoms. The number of hydrogen-bond acceptors (Lipinski definition) is 1.